The average molecular weight is 447 g/mol. The van der Waals surface area contributed by atoms with Crippen molar-refractivity contribution in [1.29, 1.82) is 0 Å². The summed E-state index contributed by atoms with van der Waals surface area (Å²) in [4.78, 5) is 48.9. The van der Waals surface area contributed by atoms with Crippen LogP contribution >= 0.6 is 0 Å². The second kappa shape index (κ2) is 7.79. The molecule has 3 fully saturated rings. The fourth-order valence-electron chi connectivity index (χ4n) is 7.61. The predicted molar refractivity (Wildman–Crippen MR) is 114 cm³/mol. The highest BCUT2D eigenvalue weighted by atomic mass is 16.6. The molecule has 176 valence electrons. The van der Waals surface area contributed by atoms with E-state index in [-0.39, 0.29) is 47.8 Å². The summed E-state index contributed by atoms with van der Waals surface area (Å²) in [5, 5.41) is 11.9. The number of fused-ring (bicyclic) bond motifs is 5. The monoisotopic (exact) mass is 446 g/mol. The van der Waals surface area contributed by atoms with Crippen LogP contribution in [-0.4, -0.2) is 46.9 Å². The Bertz CT molecular complexity index is 891. The third-order valence-electron chi connectivity index (χ3n) is 9.15. The van der Waals surface area contributed by atoms with Crippen molar-refractivity contribution in [3.63, 3.8) is 0 Å². The van der Waals surface area contributed by atoms with Gasteiger partial charge in [0.1, 0.15) is 18.0 Å². The maximum absolute atomic E-state index is 13.7. The van der Waals surface area contributed by atoms with Gasteiger partial charge in [0, 0.05) is 38.0 Å². The molecule has 0 saturated heterocycles. The molecule has 0 aromatic carbocycles. The third kappa shape index (κ3) is 3.35. The Morgan fingerprint density at radius 3 is 2.50 bits per heavy atom. The molecule has 32 heavy (non-hydrogen) atoms. The number of aliphatic hydroxyl groups is 1. The molecule has 7 heteroatoms. The maximum atomic E-state index is 13.7. The summed E-state index contributed by atoms with van der Waals surface area (Å²) in [6, 6.07) is 0. The van der Waals surface area contributed by atoms with Gasteiger partial charge in [-0.3, -0.25) is 19.2 Å². The van der Waals surface area contributed by atoms with Gasteiger partial charge < -0.3 is 14.6 Å². The van der Waals surface area contributed by atoms with Gasteiger partial charge in [0.2, 0.25) is 0 Å². The number of ketones is 2. The SMILES string of the molecule is CC(=O)OC[C@@H](OC(C)=O)[C@@]1(O)CC[C@H]2[C@@H]3CCC4=CC(=O)CC[C@]4(C)[C@H]3C(=O)C[C@@]21C. The summed E-state index contributed by atoms with van der Waals surface area (Å²) >= 11 is 0. The van der Waals surface area contributed by atoms with E-state index in [9.17, 15) is 24.3 Å². The van der Waals surface area contributed by atoms with E-state index in [1.165, 1.54) is 13.8 Å². The Morgan fingerprint density at radius 1 is 1.12 bits per heavy atom. The summed E-state index contributed by atoms with van der Waals surface area (Å²) in [7, 11) is 0. The van der Waals surface area contributed by atoms with Gasteiger partial charge in [-0.25, -0.2) is 0 Å². The van der Waals surface area contributed by atoms with Gasteiger partial charge in [-0.15, -0.1) is 0 Å². The first-order chi connectivity index (χ1) is 14.9. The molecule has 3 saturated carbocycles. The summed E-state index contributed by atoms with van der Waals surface area (Å²) in [5.74, 6) is -0.777. The van der Waals surface area contributed by atoms with Gasteiger partial charge in [0.05, 0.1) is 0 Å². The highest BCUT2D eigenvalue weighted by Crippen LogP contribution is 2.67. The minimum absolute atomic E-state index is 0.0848. The van der Waals surface area contributed by atoms with Crippen molar-refractivity contribution in [3.05, 3.63) is 11.6 Å². The minimum Gasteiger partial charge on any atom is -0.462 e. The highest BCUT2D eigenvalue weighted by Gasteiger charge is 2.69. The molecular formula is C25H34O7. The average Bonchev–Trinajstić information content (AvgIpc) is 2.96. The number of esters is 2. The van der Waals surface area contributed by atoms with Crippen molar-refractivity contribution in [2.24, 2.45) is 28.6 Å². The largest absolute Gasteiger partial charge is 0.462 e. The molecule has 7 nitrogen and oxygen atoms in total. The number of carbonyl (C=O) groups excluding carboxylic acids is 4. The van der Waals surface area contributed by atoms with Gasteiger partial charge in [0.25, 0.3) is 0 Å². The third-order valence-corrected chi connectivity index (χ3v) is 9.15. The molecule has 0 bridgehead atoms. The Hall–Kier alpha value is -2.02. The fourth-order valence-corrected chi connectivity index (χ4v) is 7.61. The summed E-state index contributed by atoms with van der Waals surface area (Å²) in [5.41, 5.74) is -1.44. The van der Waals surface area contributed by atoms with E-state index >= 15 is 0 Å². The lowest BCUT2D eigenvalue weighted by atomic mass is 9.45. The van der Waals surface area contributed by atoms with Gasteiger partial charge in [-0.05, 0) is 55.4 Å². The zero-order chi connectivity index (χ0) is 23.5. The van der Waals surface area contributed by atoms with E-state index in [4.69, 9.17) is 9.47 Å². The normalized spacial score (nSPS) is 41.7. The maximum Gasteiger partial charge on any atom is 0.303 e. The molecule has 4 aliphatic carbocycles. The van der Waals surface area contributed by atoms with E-state index < -0.39 is 29.1 Å². The van der Waals surface area contributed by atoms with E-state index in [1.54, 1.807) is 6.08 Å². The van der Waals surface area contributed by atoms with Crippen LogP contribution < -0.4 is 0 Å². The van der Waals surface area contributed by atoms with Crippen molar-refractivity contribution < 1.29 is 33.8 Å². The van der Waals surface area contributed by atoms with Crippen molar-refractivity contribution >= 4 is 23.5 Å². The second-order valence-electron chi connectivity index (χ2n) is 10.8. The molecule has 7 atom stereocenters. The van der Waals surface area contributed by atoms with Crippen LogP contribution in [0.3, 0.4) is 0 Å². The minimum atomic E-state index is -1.46. The fraction of sp³-hybridized carbons (Fsp3) is 0.760. The Kier molecular flexibility index (Phi) is 5.63. The van der Waals surface area contributed by atoms with Crippen LogP contribution in [0, 0.1) is 28.6 Å². The number of Topliss-reactive ketones (excluding diaryl/α,β-unsaturated/α-hetero) is 1. The van der Waals surface area contributed by atoms with E-state index in [1.807, 2.05) is 6.92 Å². The Labute approximate surface area is 188 Å². The Morgan fingerprint density at radius 2 is 1.84 bits per heavy atom. The smallest absolute Gasteiger partial charge is 0.303 e. The molecule has 0 aromatic heterocycles. The molecular weight excluding hydrogens is 412 g/mol. The first-order valence-corrected chi connectivity index (χ1v) is 11.7. The number of rotatable bonds is 4. The first kappa shape index (κ1) is 23.1. The second-order valence-corrected chi connectivity index (χ2v) is 10.8. The molecule has 0 radical (unpaired) electrons. The lowest BCUT2D eigenvalue weighted by Crippen LogP contribution is -2.62. The summed E-state index contributed by atoms with van der Waals surface area (Å²) < 4.78 is 10.6. The van der Waals surface area contributed by atoms with Gasteiger partial charge in [0.15, 0.2) is 11.9 Å². The number of carbonyl (C=O) groups is 4. The van der Waals surface area contributed by atoms with Gasteiger partial charge in [-0.1, -0.05) is 19.4 Å². The van der Waals surface area contributed by atoms with Crippen LogP contribution in [0.2, 0.25) is 0 Å². The highest BCUT2D eigenvalue weighted by molar-refractivity contribution is 5.93. The van der Waals surface area contributed by atoms with Crippen molar-refractivity contribution in [2.45, 2.75) is 84.3 Å². The zero-order valence-electron chi connectivity index (χ0n) is 19.4. The molecule has 0 aromatic rings. The topological polar surface area (TPSA) is 107 Å². The molecule has 0 aliphatic heterocycles. The molecule has 0 spiro atoms. The van der Waals surface area contributed by atoms with E-state index in [0.717, 1.165) is 18.4 Å². The number of hydrogen-bond acceptors (Lipinski definition) is 7. The van der Waals surface area contributed by atoms with Crippen LogP contribution in [0.5, 0.6) is 0 Å². The van der Waals surface area contributed by atoms with E-state index in [0.29, 0.717) is 25.7 Å². The van der Waals surface area contributed by atoms with Crippen molar-refractivity contribution in [3.8, 4) is 0 Å². The van der Waals surface area contributed by atoms with Gasteiger partial charge >= 0.3 is 11.9 Å². The molecule has 4 aliphatic rings. The molecule has 4 rings (SSSR count). The number of ether oxygens (including phenoxy) is 2. The molecule has 0 unspecified atom stereocenters. The van der Waals surface area contributed by atoms with Crippen LogP contribution in [0.1, 0.15) is 72.6 Å². The summed E-state index contributed by atoms with van der Waals surface area (Å²) in [6.45, 7) is 6.36. The van der Waals surface area contributed by atoms with Gasteiger partial charge in [-0.2, -0.15) is 0 Å². The van der Waals surface area contributed by atoms with Crippen LogP contribution in [-0.2, 0) is 28.7 Å². The van der Waals surface area contributed by atoms with E-state index in [2.05, 4.69) is 6.92 Å². The lowest BCUT2D eigenvalue weighted by molar-refractivity contribution is -0.206. The first-order valence-electron chi connectivity index (χ1n) is 11.7. The zero-order valence-corrected chi connectivity index (χ0v) is 19.4. The lowest BCUT2D eigenvalue weighted by Gasteiger charge is -2.58. The number of hydrogen-bond donors (Lipinski definition) is 1. The molecule has 0 heterocycles. The van der Waals surface area contributed by atoms with Crippen LogP contribution in [0.4, 0.5) is 0 Å². The molecule has 1 N–H and O–H groups in total. The van der Waals surface area contributed by atoms with Crippen LogP contribution in [0.15, 0.2) is 11.6 Å². The van der Waals surface area contributed by atoms with Crippen molar-refractivity contribution in [1.82, 2.24) is 0 Å². The van der Waals surface area contributed by atoms with Crippen LogP contribution in [0.25, 0.3) is 0 Å². The molecule has 0 amide bonds. The number of allylic oxidation sites excluding steroid dienone is 1. The summed E-state index contributed by atoms with van der Waals surface area (Å²) in [6.07, 6.45) is 4.79. The quantitative estimate of drug-likeness (QED) is 0.662. The Balaban J connectivity index is 1.68. The van der Waals surface area contributed by atoms with Crippen molar-refractivity contribution in [2.75, 3.05) is 6.61 Å². The predicted octanol–water partition coefficient (Wildman–Crippen LogP) is 2.92. The standard InChI is InChI=1S/C25H34O7/c1-14(26)31-13-21(32-15(2)27)25(30)10-8-19-18-6-5-16-11-17(28)7-9-23(16,3)22(18)20(29)12-24(19,25)4/h11,18-19,21-22,30H,5-10,12-13H2,1-4H3/t18-,19-,21+,22+,23-,24-,25-/m0/s1.